The molecule has 0 unspecified atom stereocenters. The molecule has 0 aliphatic carbocycles. The molecule has 0 spiro atoms. The Morgan fingerprint density at radius 1 is 1.35 bits per heavy atom. The van der Waals surface area contributed by atoms with Crippen molar-refractivity contribution in [3.05, 3.63) is 33.3 Å². The van der Waals surface area contributed by atoms with Crippen molar-refractivity contribution >= 4 is 37.3 Å². The Bertz CT molecular complexity index is 839. The summed E-state index contributed by atoms with van der Waals surface area (Å²) in [6, 6.07) is 2.35. The largest absolute Gasteiger partial charge is 0.289 e. The molecule has 2 N–H and O–H groups in total. The fraction of sp³-hybridized carbons (Fsp3) is 0.455. The van der Waals surface area contributed by atoms with Gasteiger partial charge in [-0.1, -0.05) is 11.6 Å². The molecule has 9 nitrogen and oxygen atoms in total. The van der Waals surface area contributed by atoms with E-state index in [9.17, 15) is 26.9 Å². The van der Waals surface area contributed by atoms with Gasteiger partial charge >= 0.3 is 0 Å². The highest BCUT2D eigenvalue weighted by atomic mass is 35.5. The highest BCUT2D eigenvalue weighted by molar-refractivity contribution is 7.90. The van der Waals surface area contributed by atoms with Gasteiger partial charge in [-0.25, -0.2) is 22.0 Å². The smallest absolute Gasteiger partial charge is 0.258 e. The molecular weight excluding hydrogens is 370 g/mol. The Labute approximate surface area is 138 Å². The summed E-state index contributed by atoms with van der Waals surface area (Å²) >= 11 is 5.76. The first-order chi connectivity index (χ1) is 10.5. The van der Waals surface area contributed by atoms with Gasteiger partial charge in [0.1, 0.15) is 0 Å². The standard InChI is InChI=1S/C11H14ClN3O6S2/c12-8-3-4-10(15(16)17)11(6-8)23(20,21)14-5-1-2-9(14)7-22(13,18)19/h3-4,6,9H,1-2,5,7H2,(H2,13,18,19)/t9-/m0/s1. The van der Waals surface area contributed by atoms with Gasteiger partial charge in [0.05, 0.1) is 10.7 Å². The molecule has 1 atom stereocenters. The Kier molecular flexibility index (Phi) is 4.97. The Hall–Kier alpha value is -1.27. The summed E-state index contributed by atoms with van der Waals surface area (Å²) in [6.07, 6.45) is 0.748. The van der Waals surface area contributed by atoms with Crippen LogP contribution in [0.4, 0.5) is 5.69 Å². The summed E-state index contributed by atoms with van der Waals surface area (Å²) in [7, 11) is -8.15. The monoisotopic (exact) mass is 383 g/mol. The number of benzene rings is 1. The van der Waals surface area contributed by atoms with Crippen LogP contribution in [-0.4, -0.2) is 44.4 Å². The number of rotatable bonds is 5. The second-order valence-electron chi connectivity index (χ2n) is 5.11. The van der Waals surface area contributed by atoms with Gasteiger partial charge in [-0.3, -0.25) is 10.1 Å². The van der Waals surface area contributed by atoms with Crippen molar-refractivity contribution in [2.24, 2.45) is 5.14 Å². The quantitative estimate of drug-likeness (QED) is 0.585. The highest BCUT2D eigenvalue weighted by Gasteiger charge is 2.40. The molecule has 0 saturated carbocycles. The maximum absolute atomic E-state index is 12.7. The van der Waals surface area contributed by atoms with E-state index in [1.165, 1.54) is 6.07 Å². The van der Waals surface area contributed by atoms with E-state index in [4.69, 9.17) is 16.7 Å². The Morgan fingerprint density at radius 2 is 2.00 bits per heavy atom. The fourth-order valence-electron chi connectivity index (χ4n) is 2.53. The molecule has 0 bridgehead atoms. The van der Waals surface area contributed by atoms with Crippen molar-refractivity contribution < 1.29 is 21.8 Å². The Balaban J connectivity index is 2.50. The first-order valence-corrected chi connectivity index (χ1v) is 10.0. The van der Waals surface area contributed by atoms with Gasteiger partial charge in [-0.2, -0.15) is 4.31 Å². The molecule has 0 aromatic heterocycles. The molecule has 1 aromatic rings. The molecule has 0 radical (unpaired) electrons. The van der Waals surface area contributed by atoms with Crippen LogP contribution in [0.5, 0.6) is 0 Å². The lowest BCUT2D eigenvalue weighted by atomic mass is 10.3. The fourth-order valence-corrected chi connectivity index (χ4v) is 5.62. The molecule has 1 aromatic carbocycles. The molecule has 0 amide bonds. The molecule has 128 valence electrons. The van der Waals surface area contributed by atoms with E-state index in [2.05, 4.69) is 0 Å². The molecule has 2 rings (SSSR count). The van der Waals surface area contributed by atoms with Crippen molar-refractivity contribution in [3.8, 4) is 0 Å². The molecule has 1 fully saturated rings. The van der Waals surface area contributed by atoms with Gasteiger partial charge in [-0.15, -0.1) is 0 Å². The van der Waals surface area contributed by atoms with E-state index in [0.29, 0.717) is 12.8 Å². The first-order valence-electron chi connectivity index (χ1n) is 6.48. The van der Waals surface area contributed by atoms with Crippen molar-refractivity contribution in [3.63, 3.8) is 0 Å². The minimum absolute atomic E-state index is 0.0244. The first kappa shape index (κ1) is 18.1. The van der Waals surface area contributed by atoms with Crippen LogP contribution >= 0.6 is 11.6 Å². The van der Waals surface area contributed by atoms with Gasteiger partial charge < -0.3 is 0 Å². The minimum Gasteiger partial charge on any atom is -0.258 e. The van der Waals surface area contributed by atoms with Crippen LogP contribution < -0.4 is 5.14 Å². The number of hydrogen-bond acceptors (Lipinski definition) is 6. The van der Waals surface area contributed by atoms with E-state index in [1.54, 1.807) is 0 Å². The SMILES string of the molecule is NS(=O)(=O)C[C@@H]1CCCN1S(=O)(=O)c1cc(Cl)ccc1[N+](=O)[O-]. The molecule has 12 heteroatoms. The van der Waals surface area contributed by atoms with E-state index in [-0.39, 0.29) is 11.6 Å². The third-order valence-electron chi connectivity index (χ3n) is 3.45. The molecule has 1 heterocycles. The lowest BCUT2D eigenvalue weighted by Crippen LogP contribution is -2.41. The van der Waals surface area contributed by atoms with Crippen LogP contribution in [0.3, 0.4) is 0 Å². The molecule has 1 aliphatic heterocycles. The zero-order chi connectivity index (χ0) is 17.4. The summed E-state index contributed by atoms with van der Waals surface area (Å²) in [4.78, 5) is 9.68. The maximum atomic E-state index is 12.7. The molecule has 1 aliphatic rings. The second-order valence-corrected chi connectivity index (χ2v) is 9.06. The number of nitro benzene ring substituents is 1. The number of primary sulfonamides is 1. The Morgan fingerprint density at radius 3 is 2.57 bits per heavy atom. The lowest BCUT2D eigenvalue weighted by Gasteiger charge is -2.23. The van der Waals surface area contributed by atoms with Crippen molar-refractivity contribution in [2.45, 2.75) is 23.8 Å². The van der Waals surface area contributed by atoms with Gasteiger partial charge in [0.2, 0.25) is 20.0 Å². The second kappa shape index (κ2) is 6.32. The van der Waals surface area contributed by atoms with Crippen LogP contribution in [-0.2, 0) is 20.0 Å². The number of sulfonamides is 2. The number of hydrogen-bond donors (Lipinski definition) is 1. The average Bonchev–Trinajstić information content (AvgIpc) is 2.84. The predicted molar refractivity (Wildman–Crippen MR) is 83.0 cm³/mol. The molecule has 23 heavy (non-hydrogen) atoms. The van der Waals surface area contributed by atoms with Crippen LogP contribution in [0.2, 0.25) is 5.02 Å². The van der Waals surface area contributed by atoms with E-state index in [1.807, 2.05) is 0 Å². The van der Waals surface area contributed by atoms with Crippen LogP contribution in [0, 0.1) is 10.1 Å². The van der Waals surface area contributed by atoms with E-state index < -0.39 is 47.3 Å². The minimum atomic E-state index is -4.27. The van der Waals surface area contributed by atoms with E-state index in [0.717, 1.165) is 16.4 Å². The van der Waals surface area contributed by atoms with Crippen molar-refractivity contribution in [1.82, 2.24) is 4.31 Å². The summed E-state index contributed by atoms with van der Waals surface area (Å²) in [6.45, 7) is 0.0617. The summed E-state index contributed by atoms with van der Waals surface area (Å²) in [5.41, 5.74) is -0.615. The third-order valence-corrected chi connectivity index (χ3v) is 6.52. The summed E-state index contributed by atoms with van der Waals surface area (Å²) in [5.74, 6) is -0.541. The van der Waals surface area contributed by atoms with Gasteiger partial charge in [0.15, 0.2) is 4.90 Å². The van der Waals surface area contributed by atoms with Gasteiger partial charge in [-0.05, 0) is 25.0 Å². The van der Waals surface area contributed by atoms with Gasteiger partial charge in [0, 0.05) is 23.7 Å². The van der Waals surface area contributed by atoms with Crippen LogP contribution in [0.1, 0.15) is 12.8 Å². The lowest BCUT2D eigenvalue weighted by molar-refractivity contribution is -0.387. The molecule has 1 saturated heterocycles. The van der Waals surface area contributed by atoms with E-state index >= 15 is 0 Å². The predicted octanol–water partition coefficient (Wildman–Crippen LogP) is 0.690. The average molecular weight is 384 g/mol. The van der Waals surface area contributed by atoms with Crippen molar-refractivity contribution in [2.75, 3.05) is 12.3 Å². The van der Waals surface area contributed by atoms with Crippen LogP contribution in [0.15, 0.2) is 23.1 Å². The maximum Gasteiger partial charge on any atom is 0.289 e. The number of halogens is 1. The number of nitro groups is 1. The zero-order valence-electron chi connectivity index (χ0n) is 11.8. The third kappa shape index (κ3) is 3.98. The zero-order valence-corrected chi connectivity index (χ0v) is 14.1. The number of nitrogens with zero attached hydrogens (tertiary/aromatic N) is 2. The number of nitrogens with two attached hydrogens (primary N) is 1. The molecular formula is C11H14ClN3O6S2. The summed E-state index contributed by atoms with van der Waals surface area (Å²) < 4.78 is 48.9. The normalized spacial score (nSPS) is 19.8. The summed E-state index contributed by atoms with van der Waals surface area (Å²) in [5, 5.41) is 16.1. The van der Waals surface area contributed by atoms with Gasteiger partial charge in [0.25, 0.3) is 5.69 Å². The highest BCUT2D eigenvalue weighted by Crippen LogP contribution is 2.33. The van der Waals surface area contributed by atoms with Crippen molar-refractivity contribution in [1.29, 1.82) is 0 Å². The van der Waals surface area contributed by atoms with Crippen LogP contribution in [0.25, 0.3) is 0 Å². The topological polar surface area (TPSA) is 141 Å².